The molecule has 2 aromatic carbocycles. The first-order chi connectivity index (χ1) is 15.7. The zero-order chi connectivity index (χ0) is 21.9. The number of aryl methyl sites for hydroxylation is 1. The molecule has 0 unspecified atom stereocenters. The van der Waals surface area contributed by atoms with Gasteiger partial charge in [0.2, 0.25) is 5.95 Å². The average Bonchev–Trinajstić information content (AvgIpc) is 3.24. The van der Waals surface area contributed by atoms with Crippen LogP contribution in [0.1, 0.15) is 5.56 Å². The number of nitrogens with one attached hydrogen (secondary N) is 1. The molecular formula is C24H27N7O. The Balaban J connectivity index is 1.35. The molecule has 0 bridgehead atoms. The Morgan fingerprint density at radius 3 is 2.34 bits per heavy atom. The molecule has 0 aliphatic carbocycles. The summed E-state index contributed by atoms with van der Waals surface area (Å²) < 4.78 is 7.04. The van der Waals surface area contributed by atoms with Crippen molar-refractivity contribution in [3.63, 3.8) is 0 Å². The maximum absolute atomic E-state index is 5.24. The van der Waals surface area contributed by atoms with Crippen LogP contribution in [0.2, 0.25) is 0 Å². The zero-order valence-electron chi connectivity index (χ0n) is 18.4. The van der Waals surface area contributed by atoms with Gasteiger partial charge in [0.25, 0.3) is 0 Å². The first kappa shape index (κ1) is 20.1. The highest BCUT2D eigenvalue weighted by Gasteiger charge is 2.22. The molecular weight excluding hydrogens is 402 g/mol. The normalized spacial score (nSPS) is 14.1. The third-order valence-corrected chi connectivity index (χ3v) is 5.88. The van der Waals surface area contributed by atoms with Crippen molar-refractivity contribution in [1.29, 1.82) is 0 Å². The van der Waals surface area contributed by atoms with Crippen molar-refractivity contribution in [1.82, 2.24) is 19.7 Å². The highest BCUT2D eigenvalue weighted by atomic mass is 16.5. The summed E-state index contributed by atoms with van der Waals surface area (Å²) in [5, 5.41) is 8.79. The van der Waals surface area contributed by atoms with Crippen LogP contribution in [-0.4, -0.2) is 53.0 Å². The van der Waals surface area contributed by atoms with Crippen molar-refractivity contribution >= 4 is 28.5 Å². The van der Waals surface area contributed by atoms with Gasteiger partial charge in [-0.05, 0) is 29.8 Å². The molecule has 1 N–H and O–H groups in total. The van der Waals surface area contributed by atoms with E-state index in [1.54, 1.807) is 11.8 Å². The van der Waals surface area contributed by atoms with Crippen LogP contribution >= 0.6 is 0 Å². The van der Waals surface area contributed by atoms with E-state index in [0.29, 0.717) is 12.5 Å². The van der Waals surface area contributed by atoms with Gasteiger partial charge in [-0.15, -0.1) is 0 Å². The van der Waals surface area contributed by atoms with Gasteiger partial charge in [-0.1, -0.05) is 30.3 Å². The Bertz CT molecular complexity index is 1180. The van der Waals surface area contributed by atoms with Crippen LogP contribution in [0, 0.1) is 0 Å². The first-order valence-electron chi connectivity index (χ1n) is 10.8. The minimum absolute atomic E-state index is 0.609. The fraction of sp³-hybridized carbons (Fsp3) is 0.292. The third kappa shape index (κ3) is 4.03. The molecule has 4 aromatic rings. The number of rotatable bonds is 6. The Labute approximate surface area is 187 Å². The van der Waals surface area contributed by atoms with Crippen LogP contribution in [0.4, 0.5) is 17.5 Å². The van der Waals surface area contributed by atoms with Gasteiger partial charge in [-0.25, -0.2) is 0 Å². The predicted molar refractivity (Wildman–Crippen MR) is 127 cm³/mol. The van der Waals surface area contributed by atoms with Crippen LogP contribution in [0.3, 0.4) is 0 Å². The molecule has 1 fully saturated rings. The van der Waals surface area contributed by atoms with Gasteiger partial charge in [0, 0.05) is 45.5 Å². The van der Waals surface area contributed by atoms with Crippen LogP contribution in [0.15, 0.2) is 60.8 Å². The molecule has 1 aliphatic rings. The van der Waals surface area contributed by atoms with Crippen LogP contribution < -0.4 is 19.9 Å². The van der Waals surface area contributed by atoms with Gasteiger partial charge in [-0.2, -0.15) is 15.1 Å². The maximum Gasteiger partial charge on any atom is 0.227 e. The molecule has 1 aliphatic heterocycles. The minimum atomic E-state index is 0.609. The predicted octanol–water partition coefficient (Wildman–Crippen LogP) is 3.31. The molecule has 3 heterocycles. The van der Waals surface area contributed by atoms with E-state index in [1.165, 1.54) is 5.69 Å². The van der Waals surface area contributed by atoms with Crippen LogP contribution in [-0.2, 0) is 13.6 Å². The summed E-state index contributed by atoms with van der Waals surface area (Å²) in [6.45, 7) is 4.32. The van der Waals surface area contributed by atoms with Gasteiger partial charge in [0.15, 0.2) is 5.65 Å². The third-order valence-electron chi connectivity index (χ3n) is 5.88. The molecule has 8 heteroatoms. The molecule has 0 saturated carbocycles. The lowest BCUT2D eigenvalue weighted by molar-refractivity contribution is 0.414. The molecule has 0 atom stereocenters. The van der Waals surface area contributed by atoms with Gasteiger partial charge >= 0.3 is 0 Å². The molecule has 164 valence electrons. The van der Waals surface area contributed by atoms with E-state index in [2.05, 4.69) is 50.5 Å². The first-order valence-corrected chi connectivity index (χ1v) is 10.8. The van der Waals surface area contributed by atoms with Gasteiger partial charge < -0.3 is 19.9 Å². The molecule has 32 heavy (non-hydrogen) atoms. The number of nitrogens with zero attached hydrogens (tertiary/aromatic N) is 6. The quantitative estimate of drug-likeness (QED) is 0.504. The summed E-state index contributed by atoms with van der Waals surface area (Å²) >= 11 is 0. The second-order valence-electron chi connectivity index (χ2n) is 7.89. The van der Waals surface area contributed by atoms with E-state index in [0.717, 1.165) is 54.3 Å². The fourth-order valence-corrected chi connectivity index (χ4v) is 4.07. The smallest absolute Gasteiger partial charge is 0.227 e. The Morgan fingerprint density at radius 2 is 1.62 bits per heavy atom. The van der Waals surface area contributed by atoms with Crippen LogP contribution in [0.25, 0.3) is 11.0 Å². The van der Waals surface area contributed by atoms with E-state index in [1.807, 2.05) is 37.5 Å². The number of benzene rings is 2. The molecule has 0 amide bonds. The van der Waals surface area contributed by atoms with E-state index < -0.39 is 0 Å². The van der Waals surface area contributed by atoms with E-state index in [9.17, 15) is 0 Å². The standard InChI is InChI=1S/C24H27N7O/c1-29-22-21(17-26-29)23(31-14-12-30(13-15-31)19-6-4-3-5-7-19)28-24(27-22)25-16-18-8-10-20(32-2)11-9-18/h3-11,17H,12-16H2,1-2H3,(H,25,27,28). The number of anilines is 3. The Hall–Kier alpha value is -3.81. The fourth-order valence-electron chi connectivity index (χ4n) is 4.07. The number of aromatic nitrogens is 4. The Kier molecular flexibility index (Phi) is 5.49. The van der Waals surface area contributed by atoms with Crippen molar-refractivity contribution in [3.05, 3.63) is 66.4 Å². The molecule has 0 radical (unpaired) electrons. The molecule has 8 nitrogen and oxygen atoms in total. The molecule has 5 rings (SSSR count). The van der Waals surface area contributed by atoms with E-state index in [4.69, 9.17) is 14.7 Å². The van der Waals surface area contributed by atoms with E-state index >= 15 is 0 Å². The topological polar surface area (TPSA) is 71.3 Å². The highest BCUT2D eigenvalue weighted by molar-refractivity contribution is 5.88. The molecule has 0 spiro atoms. The number of hydrogen-bond acceptors (Lipinski definition) is 7. The zero-order valence-corrected chi connectivity index (χ0v) is 18.4. The summed E-state index contributed by atoms with van der Waals surface area (Å²) in [6, 6.07) is 18.6. The van der Waals surface area contributed by atoms with E-state index in [-0.39, 0.29) is 0 Å². The number of para-hydroxylation sites is 1. The van der Waals surface area contributed by atoms with Crippen molar-refractivity contribution in [3.8, 4) is 5.75 Å². The SMILES string of the molecule is COc1ccc(CNc2nc(N3CCN(c4ccccc4)CC3)c3cnn(C)c3n2)cc1. The number of piperazine rings is 1. The summed E-state index contributed by atoms with van der Waals surface area (Å²) in [6.07, 6.45) is 1.86. The summed E-state index contributed by atoms with van der Waals surface area (Å²) in [4.78, 5) is 14.4. The largest absolute Gasteiger partial charge is 0.497 e. The lowest BCUT2D eigenvalue weighted by Crippen LogP contribution is -2.47. The minimum Gasteiger partial charge on any atom is -0.497 e. The number of fused-ring (bicyclic) bond motifs is 1. The van der Waals surface area contributed by atoms with Gasteiger partial charge in [-0.3, -0.25) is 4.68 Å². The Morgan fingerprint density at radius 1 is 0.906 bits per heavy atom. The monoisotopic (exact) mass is 429 g/mol. The van der Waals surface area contributed by atoms with Gasteiger partial charge in [0.05, 0.1) is 18.7 Å². The van der Waals surface area contributed by atoms with Crippen molar-refractivity contribution in [2.24, 2.45) is 7.05 Å². The van der Waals surface area contributed by atoms with Crippen molar-refractivity contribution in [2.75, 3.05) is 48.4 Å². The second-order valence-corrected chi connectivity index (χ2v) is 7.89. The van der Waals surface area contributed by atoms with Gasteiger partial charge in [0.1, 0.15) is 11.6 Å². The number of hydrogen-bond donors (Lipinski definition) is 1. The summed E-state index contributed by atoms with van der Waals surface area (Å²) in [5.41, 5.74) is 3.23. The molecule has 1 saturated heterocycles. The molecule has 2 aromatic heterocycles. The van der Waals surface area contributed by atoms with Crippen molar-refractivity contribution in [2.45, 2.75) is 6.54 Å². The average molecular weight is 430 g/mol. The number of ether oxygens (including phenoxy) is 1. The lowest BCUT2D eigenvalue weighted by Gasteiger charge is -2.37. The maximum atomic E-state index is 5.24. The lowest BCUT2D eigenvalue weighted by atomic mass is 10.2. The van der Waals surface area contributed by atoms with Crippen LogP contribution in [0.5, 0.6) is 5.75 Å². The van der Waals surface area contributed by atoms with Crippen molar-refractivity contribution < 1.29 is 4.74 Å². The second kappa shape index (κ2) is 8.74. The highest BCUT2D eigenvalue weighted by Crippen LogP contribution is 2.27. The summed E-state index contributed by atoms with van der Waals surface area (Å²) in [5.74, 6) is 2.39. The summed E-state index contributed by atoms with van der Waals surface area (Å²) in [7, 11) is 3.59. The number of methoxy groups -OCH3 is 1.